The Bertz CT molecular complexity index is 482. The van der Waals surface area contributed by atoms with Crippen LogP contribution in [0.25, 0.3) is 0 Å². The number of anilines is 1. The lowest BCUT2D eigenvalue weighted by Gasteiger charge is -2.19. The molecule has 2 rings (SSSR count). The SMILES string of the molecule is CCNC(Cc1cccnc1N)c1ccccc1. The van der Waals surface area contributed by atoms with Gasteiger partial charge in [-0.2, -0.15) is 0 Å². The summed E-state index contributed by atoms with van der Waals surface area (Å²) in [4.78, 5) is 4.14. The summed E-state index contributed by atoms with van der Waals surface area (Å²) in [6.07, 6.45) is 2.58. The van der Waals surface area contributed by atoms with E-state index in [9.17, 15) is 0 Å². The minimum atomic E-state index is 0.280. The molecule has 1 aromatic heterocycles. The van der Waals surface area contributed by atoms with Gasteiger partial charge in [0.05, 0.1) is 0 Å². The maximum absolute atomic E-state index is 5.90. The summed E-state index contributed by atoms with van der Waals surface area (Å²) in [6, 6.07) is 14.7. The molecule has 0 bridgehead atoms. The summed E-state index contributed by atoms with van der Waals surface area (Å²) in [5, 5.41) is 3.49. The van der Waals surface area contributed by atoms with Gasteiger partial charge in [-0.3, -0.25) is 0 Å². The number of benzene rings is 1. The van der Waals surface area contributed by atoms with E-state index in [1.54, 1.807) is 6.20 Å². The maximum Gasteiger partial charge on any atom is 0.126 e. The normalized spacial score (nSPS) is 12.3. The maximum atomic E-state index is 5.90. The molecule has 0 aliphatic carbocycles. The van der Waals surface area contributed by atoms with E-state index in [0.717, 1.165) is 18.5 Å². The second kappa shape index (κ2) is 6.17. The highest BCUT2D eigenvalue weighted by Gasteiger charge is 2.12. The monoisotopic (exact) mass is 241 g/mol. The summed E-state index contributed by atoms with van der Waals surface area (Å²) in [6.45, 7) is 3.04. The van der Waals surface area contributed by atoms with Crippen molar-refractivity contribution in [1.29, 1.82) is 0 Å². The predicted molar refractivity (Wildman–Crippen MR) is 75.2 cm³/mol. The van der Waals surface area contributed by atoms with E-state index < -0.39 is 0 Å². The minimum Gasteiger partial charge on any atom is -0.383 e. The number of pyridine rings is 1. The molecule has 94 valence electrons. The van der Waals surface area contributed by atoms with Crippen LogP contribution >= 0.6 is 0 Å². The molecule has 0 radical (unpaired) electrons. The van der Waals surface area contributed by atoms with E-state index in [4.69, 9.17) is 5.73 Å². The van der Waals surface area contributed by atoms with Crippen LogP contribution < -0.4 is 11.1 Å². The standard InChI is InChI=1S/C15H19N3/c1-2-17-14(12-7-4-3-5-8-12)11-13-9-6-10-18-15(13)16/h3-10,14,17H,2,11H2,1H3,(H2,16,18). The van der Waals surface area contributed by atoms with Crippen molar-refractivity contribution in [2.24, 2.45) is 0 Å². The summed E-state index contributed by atoms with van der Waals surface area (Å²) in [5.74, 6) is 0.622. The van der Waals surface area contributed by atoms with Crippen LogP contribution in [0.15, 0.2) is 48.7 Å². The third-order valence-electron chi connectivity index (χ3n) is 3.00. The highest BCUT2D eigenvalue weighted by atomic mass is 14.9. The molecule has 0 spiro atoms. The van der Waals surface area contributed by atoms with Gasteiger partial charge in [0.15, 0.2) is 0 Å². The van der Waals surface area contributed by atoms with Crippen LogP contribution in [0.5, 0.6) is 0 Å². The van der Waals surface area contributed by atoms with Crippen molar-refractivity contribution in [3.63, 3.8) is 0 Å². The molecular formula is C15H19N3. The average Bonchev–Trinajstić information content (AvgIpc) is 2.42. The zero-order chi connectivity index (χ0) is 12.8. The van der Waals surface area contributed by atoms with Crippen LogP contribution in [-0.4, -0.2) is 11.5 Å². The van der Waals surface area contributed by atoms with Gasteiger partial charge in [-0.1, -0.05) is 43.3 Å². The first kappa shape index (κ1) is 12.6. The Balaban J connectivity index is 2.19. The Hall–Kier alpha value is -1.87. The summed E-state index contributed by atoms with van der Waals surface area (Å²) in [5.41, 5.74) is 8.27. The summed E-state index contributed by atoms with van der Waals surface area (Å²) >= 11 is 0. The molecule has 0 saturated carbocycles. The quantitative estimate of drug-likeness (QED) is 0.846. The third kappa shape index (κ3) is 3.08. The molecule has 0 aliphatic rings. The lowest BCUT2D eigenvalue weighted by atomic mass is 9.99. The van der Waals surface area contributed by atoms with Gasteiger partial charge < -0.3 is 11.1 Å². The van der Waals surface area contributed by atoms with Gasteiger partial charge in [-0.25, -0.2) is 4.98 Å². The molecule has 2 aromatic rings. The first-order chi connectivity index (χ1) is 8.81. The molecule has 3 N–H and O–H groups in total. The Labute approximate surface area is 108 Å². The highest BCUT2D eigenvalue weighted by molar-refractivity contribution is 5.39. The summed E-state index contributed by atoms with van der Waals surface area (Å²) in [7, 11) is 0. The van der Waals surface area contributed by atoms with Crippen molar-refractivity contribution in [1.82, 2.24) is 10.3 Å². The molecule has 0 saturated heterocycles. The zero-order valence-electron chi connectivity index (χ0n) is 10.6. The first-order valence-corrected chi connectivity index (χ1v) is 6.29. The number of hydrogen-bond donors (Lipinski definition) is 2. The Morgan fingerprint density at radius 2 is 1.94 bits per heavy atom. The molecular weight excluding hydrogens is 222 g/mol. The van der Waals surface area contributed by atoms with Crippen molar-refractivity contribution in [3.05, 3.63) is 59.8 Å². The van der Waals surface area contributed by atoms with Gasteiger partial charge in [0, 0.05) is 12.2 Å². The average molecular weight is 241 g/mol. The Kier molecular flexibility index (Phi) is 4.31. The number of nitrogens with zero attached hydrogens (tertiary/aromatic N) is 1. The fraction of sp³-hybridized carbons (Fsp3) is 0.267. The molecule has 3 nitrogen and oxygen atoms in total. The number of aromatic nitrogens is 1. The molecule has 0 fully saturated rings. The van der Waals surface area contributed by atoms with Crippen LogP contribution in [0.1, 0.15) is 24.1 Å². The molecule has 1 atom stereocenters. The molecule has 1 heterocycles. The topological polar surface area (TPSA) is 50.9 Å². The number of nitrogens with one attached hydrogen (secondary N) is 1. The fourth-order valence-corrected chi connectivity index (χ4v) is 2.08. The number of hydrogen-bond acceptors (Lipinski definition) is 3. The number of nitrogens with two attached hydrogens (primary N) is 1. The van der Waals surface area contributed by atoms with Crippen molar-refractivity contribution < 1.29 is 0 Å². The Morgan fingerprint density at radius 3 is 2.61 bits per heavy atom. The largest absolute Gasteiger partial charge is 0.383 e. The number of likely N-dealkylation sites (N-methyl/N-ethyl adjacent to an activating group) is 1. The number of rotatable bonds is 5. The summed E-state index contributed by atoms with van der Waals surface area (Å²) < 4.78 is 0. The highest BCUT2D eigenvalue weighted by Crippen LogP contribution is 2.20. The molecule has 18 heavy (non-hydrogen) atoms. The van der Waals surface area contributed by atoms with Crippen molar-refractivity contribution in [3.8, 4) is 0 Å². The zero-order valence-corrected chi connectivity index (χ0v) is 10.6. The van der Waals surface area contributed by atoms with Gasteiger partial charge in [0.1, 0.15) is 5.82 Å². The van der Waals surface area contributed by atoms with Crippen LogP contribution in [-0.2, 0) is 6.42 Å². The van der Waals surface area contributed by atoms with Gasteiger partial charge >= 0.3 is 0 Å². The van der Waals surface area contributed by atoms with Crippen LogP contribution in [0.3, 0.4) is 0 Å². The second-order valence-corrected chi connectivity index (χ2v) is 4.27. The number of nitrogen functional groups attached to an aromatic ring is 1. The van der Waals surface area contributed by atoms with E-state index >= 15 is 0 Å². The van der Waals surface area contributed by atoms with E-state index in [2.05, 4.69) is 41.5 Å². The smallest absolute Gasteiger partial charge is 0.126 e. The predicted octanol–water partition coefficient (Wildman–Crippen LogP) is 2.56. The molecule has 3 heteroatoms. The van der Waals surface area contributed by atoms with Crippen molar-refractivity contribution in [2.75, 3.05) is 12.3 Å². The molecule has 1 unspecified atom stereocenters. The van der Waals surface area contributed by atoms with Crippen LogP contribution in [0, 0.1) is 0 Å². The van der Waals surface area contributed by atoms with Crippen molar-refractivity contribution >= 4 is 5.82 Å². The Morgan fingerprint density at radius 1 is 1.17 bits per heavy atom. The lowest BCUT2D eigenvalue weighted by Crippen LogP contribution is -2.23. The van der Waals surface area contributed by atoms with E-state index in [0.29, 0.717) is 5.82 Å². The minimum absolute atomic E-state index is 0.280. The van der Waals surface area contributed by atoms with Gasteiger partial charge in [-0.05, 0) is 30.2 Å². The van der Waals surface area contributed by atoms with Gasteiger partial charge in [-0.15, -0.1) is 0 Å². The van der Waals surface area contributed by atoms with E-state index in [-0.39, 0.29) is 6.04 Å². The first-order valence-electron chi connectivity index (χ1n) is 6.29. The van der Waals surface area contributed by atoms with E-state index in [1.807, 2.05) is 18.2 Å². The second-order valence-electron chi connectivity index (χ2n) is 4.27. The third-order valence-corrected chi connectivity index (χ3v) is 3.00. The lowest BCUT2D eigenvalue weighted by molar-refractivity contribution is 0.550. The van der Waals surface area contributed by atoms with Crippen LogP contribution in [0.4, 0.5) is 5.82 Å². The van der Waals surface area contributed by atoms with Crippen LogP contribution in [0.2, 0.25) is 0 Å². The molecule has 0 amide bonds. The van der Waals surface area contributed by atoms with Gasteiger partial charge in [0.2, 0.25) is 0 Å². The molecule has 0 aliphatic heterocycles. The fourth-order valence-electron chi connectivity index (χ4n) is 2.08. The van der Waals surface area contributed by atoms with Gasteiger partial charge in [0.25, 0.3) is 0 Å². The van der Waals surface area contributed by atoms with E-state index in [1.165, 1.54) is 5.56 Å². The van der Waals surface area contributed by atoms with Crippen molar-refractivity contribution in [2.45, 2.75) is 19.4 Å². The molecule has 1 aromatic carbocycles.